The lowest BCUT2D eigenvalue weighted by molar-refractivity contribution is 0.630. The van der Waals surface area contributed by atoms with Crippen molar-refractivity contribution in [2.45, 2.75) is 0 Å². The number of fused-ring (bicyclic) bond motifs is 1. The van der Waals surface area contributed by atoms with Gasteiger partial charge in [-0.05, 0) is 35.5 Å². The van der Waals surface area contributed by atoms with Crippen LogP contribution in [0.3, 0.4) is 0 Å². The van der Waals surface area contributed by atoms with E-state index in [-0.39, 0.29) is 5.69 Å². The van der Waals surface area contributed by atoms with E-state index in [1.165, 1.54) is 23.5 Å². The van der Waals surface area contributed by atoms with Crippen LogP contribution in [0.4, 0.5) is 20.9 Å². The fourth-order valence-electron chi connectivity index (χ4n) is 1.96. The fourth-order valence-corrected chi connectivity index (χ4v) is 3.15. The van der Waals surface area contributed by atoms with Crippen LogP contribution >= 0.6 is 22.9 Å². The highest BCUT2D eigenvalue weighted by Gasteiger charge is 2.08. The molecule has 2 aromatic carbocycles. The Morgan fingerprint density at radius 2 is 2.13 bits per heavy atom. The van der Waals surface area contributed by atoms with Crippen molar-refractivity contribution in [3.63, 3.8) is 0 Å². The van der Waals surface area contributed by atoms with Crippen molar-refractivity contribution in [3.8, 4) is 0 Å². The zero-order valence-corrected chi connectivity index (χ0v) is 13.2. The van der Waals surface area contributed by atoms with E-state index in [4.69, 9.17) is 11.6 Å². The molecule has 0 aliphatic rings. The topological polar surface area (TPSA) is 66.4 Å². The van der Waals surface area contributed by atoms with Crippen LogP contribution in [0.2, 0.25) is 5.02 Å². The molecule has 0 bridgehead atoms. The normalized spacial score (nSPS) is 10.5. The molecule has 1 heterocycles. The Kier molecular flexibility index (Phi) is 4.22. The van der Waals surface area contributed by atoms with Gasteiger partial charge in [0.05, 0.1) is 9.72 Å². The third-order valence-electron chi connectivity index (χ3n) is 2.97. The molecule has 0 aliphatic heterocycles. The molecule has 8 heteroatoms. The largest absolute Gasteiger partial charge is 0.342 e. The second-order valence-electron chi connectivity index (χ2n) is 4.59. The van der Waals surface area contributed by atoms with Crippen LogP contribution in [0, 0.1) is 10.7 Å². The van der Waals surface area contributed by atoms with Crippen molar-refractivity contribution >= 4 is 49.7 Å². The number of benzene rings is 2. The highest BCUT2D eigenvalue weighted by Crippen LogP contribution is 2.31. The minimum atomic E-state index is -0.676. The molecule has 0 unspecified atom stereocenters. The van der Waals surface area contributed by atoms with Crippen LogP contribution in [0.1, 0.15) is 0 Å². The zero-order chi connectivity index (χ0) is 16.4. The third-order valence-corrected chi connectivity index (χ3v) is 4.21. The Hall–Kier alpha value is -2.51. The number of nitrogens with zero attached hydrogens (tertiary/aromatic N) is 2. The van der Waals surface area contributed by atoms with Crippen molar-refractivity contribution in [1.82, 2.24) is 4.98 Å². The van der Waals surface area contributed by atoms with Crippen LogP contribution in [-0.4, -0.2) is 4.98 Å². The van der Waals surface area contributed by atoms with E-state index in [0.29, 0.717) is 27.2 Å². The molecule has 0 aliphatic carbocycles. The molecule has 116 valence electrons. The summed E-state index contributed by atoms with van der Waals surface area (Å²) in [6, 6.07) is 9.47. The zero-order valence-electron chi connectivity index (χ0n) is 11.6. The molecule has 0 saturated heterocycles. The molecule has 0 saturated carbocycles. The van der Waals surface area contributed by atoms with Gasteiger partial charge in [0, 0.05) is 5.69 Å². The summed E-state index contributed by atoms with van der Waals surface area (Å²) in [4.78, 5) is 14.9. The van der Waals surface area contributed by atoms with Crippen LogP contribution in [-0.2, 0) is 0 Å². The molecule has 0 fully saturated rings. The van der Waals surface area contributed by atoms with Crippen LogP contribution < -0.4 is 10.6 Å². The van der Waals surface area contributed by atoms with Gasteiger partial charge in [-0.15, -0.1) is 4.91 Å². The van der Waals surface area contributed by atoms with Crippen LogP contribution in [0.5, 0.6) is 0 Å². The van der Waals surface area contributed by atoms with E-state index in [1.807, 2.05) is 12.1 Å². The quantitative estimate of drug-likeness (QED) is 0.599. The Bertz CT molecular complexity index is 912. The predicted molar refractivity (Wildman–Crippen MR) is 92.9 cm³/mol. The van der Waals surface area contributed by atoms with E-state index in [0.717, 1.165) is 10.8 Å². The second-order valence-corrected chi connectivity index (χ2v) is 6.03. The SMILES string of the molecule is C=C(Nc1ccc(F)c(N=O)c1)Nc1nc2c(Cl)cccc2s1. The van der Waals surface area contributed by atoms with Gasteiger partial charge in [-0.25, -0.2) is 9.37 Å². The summed E-state index contributed by atoms with van der Waals surface area (Å²) in [6.45, 7) is 3.82. The summed E-state index contributed by atoms with van der Waals surface area (Å²) < 4.78 is 14.2. The lowest BCUT2D eigenvalue weighted by Crippen LogP contribution is -2.07. The van der Waals surface area contributed by atoms with Gasteiger partial charge in [-0.1, -0.05) is 35.6 Å². The third kappa shape index (κ3) is 3.30. The van der Waals surface area contributed by atoms with E-state index < -0.39 is 5.82 Å². The number of para-hydroxylation sites is 1. The maximum absolute atomic E-state index is 13.2. The summed E-state index contributed by atoms with van der Waals surface area (Å²) in [6.07, 6.45) is 0. The van der Waals surface area contributed by atoms with Crippen molar-refractivity contribution in [3.05, 3.63) is 64.5 Å². The first kappa shape index (κ1) is 15.4. The molecule has 5 nitrogen and oxygen atoms in total. The molecule has 0 atom stereocenters. The number of aromatic nitrogens is 1. The standard InChI is InChI=1S/C15H10ClFN4OS/c1-8(18-9-5-6-11(17)12(7-9)21-22)19-15-20-14-10(16)3-2-4-13(14)23-15/h2-7,18H,1H2,(H,19,20). The van der Waals surface area contributed by atoms with Gasteiger partial charge in [0.2, 0.25) is 0 Å². The van der Waals surface area contributed by atoms with Gasteiger partial charge in [0.1, 0.15) is 17.0 Å². The summed E-state index contributed by atoms with van der Waals surface area (Å²) in [5.74, 6) is -0.256. The minimum Gasteiger partial charge on any atom is -0.342 e. The first-order chi connectivity index (χ1) is 11.1. The maximum Gasteiger partial charge on any atom is 0.189 e. The van der Waals surface area contributed by atoms with Crippen molar-refractivity contribution in [2.24, 2.45) is 5.18 Å². The molecule has 0 spiro atoms. The van der Waals surface area contributed by atoms with Gasteiger partial charge in [-0.3, -0.25) is 0 Å². The number of rotatable bonds is 5. The number of nitroso groups, excluding NO2 is 1. The number of nitrogens with one attached hydrogen (secondary N) is 2. The molecule has 1 aromatic heterocycles. The van der Waals surface area contributed by atoms with E-state index >= 15 is 0 Å². The van der Waals surface area contributed by atoms with E-state index in [9.17, 15) is 9.30 Å². The van der Waals surface area contributed by atoms with Crippen molar-refractivity contribution in [2.75, 3.05) is 10.6 Å². The molecular weight excluding hydrogens is 339 g/mol. The summed E-state index contributed by atoms with van der Waals surface area (Å²) in [7, 11) is 0. The molecule has 3 rings (SSSR count). The Balaban J connectivity index is 1.76. The van der Waals surface area contributed by atoms with Crippen molar-refractivity contribution < 1.29 is 4.39 Å². The molecule has 23 heavy (non-hydrogen) atoms. The van der Waals surface area contributed by atoms with Crippen molar-refractivity contribution in [1.29, 1.82) is 0 Å². The highest BCUT2D eigenvalue weighted by molar-refractivity contribution is 7.22. The number of hydrogen-bond donors (Lipinski definition) is 2. The minimum absolute atomic E-state index is 0.269. The molecule has 0 radical (unpaired) electrons. The first-order valence-corrected chi connectivity index (χ1v) is 7.67. The molecule has 0 amide bonds. The average molecular weight is 349 g/mol. The van der Waals surface area contributed by atoms with Gasteiger partial charge >= 0.3 is 0 Å². The average Bonchev–Trinajstić information content (AvgIpc) is 2.93. The Morgan fingerprint density at radius 3 is 2.87 bits per heavy atom. The van der Waals surface area contributed by atoms with E-state index in [2.05, 4.69) is 27.4 Å². The molecular formula is C15H10ClFN4OS. The first-order valence-electron chi connectivity index (χ1n) is 6.48. The number of halogens is 2. The van der Waals surface area contributed by atoms with Gasteiger partial charge < -0.3 is 10.6 Å². The van der Waals surface area contributed by atoms with Crippen LogP contribution in [0.25, 0.3) is 10.2 Å². The smallest absolute Gasteiger partial charge is 0.189 e. The van der Waals surface area contributed by atoms with Crippen LogP contribution in [0.15, 0.2) is 54.0 Å². The fraction of sp³-hybridized carbons (Fsp3) is 0. The number of anilines is 2. The lowest BCUT2D eigenvalue weighted by Gasteiger charge is -2.10. The van der Waals surface area contributed by atoms with E-state index in [1.54, 1.807) is 6.07 Å². The monoisotopic (exact) mass is 348 g/mol. The Morgan fingerprint density at radius 1 is 1.30 bits per heavy atom. The summed E-state index contributed by atoms with van der Waals surface area (Å²) >= 11 is 7.51. The van der Waals surface area contributed by atoms with Gasteiger partial charge in [0.25, 0.3) is 0 Å². The summed E-state index contributed by atoms with van der Waals surface area (Å²) in [5.41, 5.74) is 0.927. The van der Waals surface area contributed by atoms with Gasteiger partial charge in [-0.2, -0.15) is 0 Å². The summed E-state index contributed by atoms with van der Waals surface area (Å²) in [5, 5.41) is 9.72. The molecule has 3 aromatic rings. The Labute approximate surface area is 139 Å². The lowest BCUT2D eigenvalue weighted by atomic mass is 10.2. The maximum atomic E-state index is 13.2. The molecule has 2 N–H and O–H groups in total. The van der Waals surface area contributed by atoms with Gasteiger partial charge in [0.15, 0.2) is 10.9 Å². The number of hydrogen-bond acceptors (Lipinski definition) is 6. The number of thiazole rings is 1. The highest BCUT2D eigenvalue weighted by atomic mass is 35.5. The predicted octanol–water partition coefficient (Wildman–Crippen LogP) is 5.48. The second kappa shape index (κ2) is 6.31.